The zero-order valence-electron chi connectivity index (χ0n) is 15.3. The van der Waals surface area contributed by atoms with Crippen molar-refractivity contribution in [3.63, 3.8) is 0 Å². The van der Waals surface area contributed by atoms with Gasteiger partial charge < -0.3 is 15.5 Å². The number of carbonyl (C=O) groups excluding carboxylic acids is 1. The highest BCUT2D eigenvalue weighted by molar-refractivity contribution is 5.94. The molecule has 0 spiro atoms. The van der Waals surface area contributed by atoms with Crippen LogP contribution in [0.1, 0.15) is 43.1 Å². The summed E-state index contributed by atoms with van der Waals surface area (Å²) in [6.07, 6.45) is 1.28. The van der Waals surface area contributed by atoms with Gasteiger partial charge in [-0.05, 0) is 42.9 Å². The van der Waals surface area contributed by atoms with Crippen LogP contribution in [0.3, 0.4) is 0 Å². The van der Waals surface area contributed by atoms with Gasteiger partial charge in [-0.15, -0.1) is 0 Å². The molecule has 1 amide bonds. The van der Waals surface area contributed by atoms with E-state index in [1.54, 1.807) is 7.05 Å². The summed E-state index contributed by atoms with van der Waals surface area (Å²) in [6, 6.07) is 7.66. The van der Waals surface area contributed by atoms with Crippen molar-refractivity contribution >= 4 is 11.9 Å². The maximum Gasteiger partial charge on any atom is 0.251 e. The SMILES string of the molecule is CCNC(=NCc1cccc(C(=O)NC)c1)N1CC(C)CC(C)C1. The first-order valence-corrected chi connectivity index (χ1v) is 8.87. The van der Waals surface area contributed by atoms with Crippen molar-refractivity contribution in [1.82, 2.24) is 15.5 Å². The fourth-order valence-corrected chi connectivity index (χ4v) is 3.38. The zero-order valence-corrected chi connectivity index (χ0v) is 15.3. The van der Waals surface area contributed by atoms with Gasteiger partial charge in [-0.3, -0.25) is 4.79 Å². The molecule has 1 saturated heterocycles. The molecule has 1 aliphatic rings. The smallest absolute Gasteiger partial charge is 0.251 e. The second-order valence-electron chi connectivity index (χ2n) is 6.80. The van der Waals surface area contributed by atoms with E-state index in [4.69, 9.17) is 4.99 Å². The molecule has 0 radical (unpaired) electrons. The number of rotatable bonds is 4. The number of guanidine groups is 1. The van der Waals surface area contributed by atoms with Crippen molar-refractivity contribution in [1.29, 1.82) is 0 Å². The van der Waals surface area contributed by atoms with Crippen LogP contribution in [0.15, 0.2) is 29.3 Å². The third-order valence-electron chi connectivity index (χ3n) is 4.33. The van der Waals surface area contributed by atoms with Crippen molar-refractivity contribution in [3.8, 4) is 0 Å². The van der Waals surface area contributed by atoms with E-state index in [0.717, 1.165) is 31.2 Å². The summed E-state index contributed by atoms with van der Waals surface area (Å²) in [5.74, 6) is 2.29. The van der Waals surface area contributed by atoms with Crippen molar-refractivity contribution < 1.29 is 4.79 Å². The Kier molecular flexibility index (Phi) is 6.64. The van der Waals surface area contributed by atoms with Gasteiger partial charge in [-0.1, -0.05) is 26.0 Å². The highest BCUT2D eigenvalue weighted by Gasteiger charge is 2.23. The molecule has 0 aromatic heterocycles. The number of nitrogens with zero attached hydrogens (tertiary/aromatic N) is 2. The van der Waals surface area contributed by atoms with Gasteiger partial charge in [-0.25, -0.2) is 4.99 Å². The van der Waals surface area contributed by atoms with E-state index >= 15 is 0 Å². The molecular weight excluding hydrogens is 300 g/mol. The lowest BCUT2D eigenvalue weighted by Gasteiger charge is -2.37. The third kappa shape index (κ3) is 4.98. The predicted molar refractivity (Wildman–Crippen MR) is 99.2 cm³/mol. The van der Waals surface area contributed by atoms with Gasteiger partial charge in [-0.2, -0.15) is 0 Å². The summed E-state index contributed by atoms with van der Waals surface area (Å²) < 4.78 is 0. The number of nitrogens with one attached hydrogen (secondary N) is 2. The van der Waals surface area contributed by atoms with Gasteiger partial charge >= 0.3 is 0 Å². The van der Waals surface area contributed by atoms with Crippen LogP contribution in [0.2, 0.25) is 0 Å². The molecule has 0 saturated carbocycles. The summed E-state index contributed by atoms with van der Waals surface area (Å²) in [5, 5.41) is 6.07. The zero-order chi connectivity index (χ0) is 17.5. The Balaban J connectivity index is 2.12. The normalized spacial score (nSPS) is 21.5. The first-order valence-electron chi connectivity index (χ1n) is 8.87. The quantitative estimate of drug-likeness (QED) is 0.659. The van der Waals surface area contributed by atoms with E-state index in [0.29, 0.717) is 23.9 Å². The molecule has 24 heavy (non-hydrogen) atoms. The Morgan fingerprint density at radius 2 is 2.00 bits per heavy atom. The molecule has 1 heterocycles. The third-order valence-corrected chi connectivity index (χ3v) is 4.33. The molecular formula is C19H30N4O. The summed E-state index contributed by atoms with van der Waals surface area (Å²) >= 11 is 0. The molecule has 2 rings (SSSR count). The number of likely N-dealkylation sites (tertiary alicyclic amines) is 1. The molecule has 2 N–H and O–H groups in total. The number of hydrogen-bond acceptors (Lipinski definition) is 2. The van der Waals surface area contributed by atoms with Crippen LogP contribution in [0, 0.1) is 11.8 Å². The molecule has 0 bridgehead atoms. The number of benzene rings is 1. The Labute approximate surface area is 145 Å². The van der Waals surface area contributed by atoms with E-state index in [9.17, 15) is 4.79 Å². The van der Waals surface area contributed by atoms with E-state index in [1.807, 2.05) is 24.3 Å². The molecule has 1 fully saturated rings. The molecule has 1 aliphatic heterocycles. The van der Waals surface area contributed by atoms with Crippen LogP contribution in [0.5, 0.6) is 0 Å². The number of piperidine rings is 1. The van der Waals surface area contributed by atoms with Crippen LogP contribution in [-0.4, -0.2) is 43.4 Å². The standard InChI is InChI=1S/C19H30N4O/c1-5-21-19(23-12-14(2)9-15(3)13-23)22-11-16-7-6-8-17(10-16)18(24)20-4/h6-8,10,14-15H,5,9,11-13H2,1-4H3,(H,20,24)(H,21,22). The number of amides is 1. The van der Waals surface area contributed by atoms with Crippen molar-refractivity contribution in [2.24, 2.45) is 16.8 Å². The Bertz CT molecular complexity index is 574. The van der Waals surface area contributed by atoms with E-state index in [2.05, 4.69) is 36.3 Å². The lowest BCUT2D eigenvalue weighted by atomic mass is 9.92. The van der Waals surface area contributed by atoms with Gasteiger partial charge in [0, 0.05) is 32.2 Å². The van der Waals surface area contributed by atoms with E-state index in [1.165, 1.54) is 6.42 Å². The van der Waals surface area contributed by atoms with Crippen LogP contribution in [-0.2, 0) is 6.54 Å². The van der Waals surface area contributed by atoms with Gasteiger partial charge in [0.25, 0.3) is 5.91 Å². The molecule has 2 atom stereocenters. The summed E-state index contributed by atoms with van der Waals surface area (Å²) in [4.78, 5) is 18.9. The second-order valence-corrected chi connectivity index (χ2v) is 6.80. The molecule has 5 nitrogen and oxygen atoms in total. The van der Waals surface area contributed by atoms with Gasteiger partial charge in [0.15, 0.2) is 5.96 Å². The molecule has 1 aromatic carbocycles. The topological polar surface area (TPSA) is 56.7 Å². The summed E-state index contributed by atoms with van der Waals surface area (Å²) in [6.45, 7) is 10.2. The number of aliphatic imine (C=N–C) groups is 1. The minimum Gasteiger partial charge on any atom is -0.357 e. The second kappa shape index (κ2) is 8.71. The van der Waals surface area contributed by atoms with Crippen LogP contribution >= 0.6 is 0 Å². The maximum absolute atomic E-state index is 11.8. The lowest BCUT2D eigenvalue weighted by molar-refractivity contribution is 0.0963. The molecule has 0 aliphatic carbocycles. The lowest BCUT2D eigenvalue weighted by Crippen LogP contribution is -2.48. The van der Waals surface area contributed by atoms with Gasteiger partial charge in [0.1, 0.15) is 0 Å². The molecule has 132 valence electrons. The van der Waals surface area contributed by atoms with E-state index < -0.39 is 0 Å². The van der Waals surface area contributed by atoms with Crippen molar-refractivity contribution in [3.05, 3.63) is 35.4 Å². The maximum atomic E-state index is 11.8. The summed E-state index contributed by atoms with van der Waals surface area (Å²) in [7, 11) is 1.65. The fourth-order valence-electron chi connectivity index (χ4n) is 3.38. The first kappa shape index (κ1) is 18.3. The highest BCUT2D eigenvalue weighted by Crippen LogP contribution is 2.21. The number of hydrogen-bond donors (Lipinski definition) is 2. The van der Waals surface area contributed by atoms with Crippen molar-refractivity contribution in [2.45, 2.75) is 33.7 Å². The first-order chi connectivity index (χ1) is 11.5. The number of carbonyl (C=O) groups is 1. The van der Waals surface area contributed by atoms with Gasteiger partial charge in [0.05, 0.1) is 6.54 Å². The monoisotopic (exact) mass is 330 g/mol. The average molecular weight is 330 g/mol. The minimum atomic E-state index is -0.0635. The minimum absolute atomic E-state index is 0.0635. The largest absolute Gasteiger partial charge is 0.357 e. The molecule has 2 unspecified atom stereocenters. The molecule has 5 heteroatoms. The Morgan fingerprint density at radius 3 is 2.62 bits per heavy atom. The van der Waals surface area contributed by atoms with Crippen LogP contribution < -0.4 is 10.6 Å². The average Bonchev–Trinajstić information content (AvgIpc) is 2.57. The highest BCUT2D eigenvalue weighted by atomic mass is 16.1. The fraction of sp³-hybridized carbons (Fsp3) is 0.579. The van der Waals surface area contributed by atoms with Crippen LogP contribution in [0.4, 0.5) is 0 Å². The van der Waals surface area contributed by atoms with Crippen LogP contribution in [0.25, 0.3) is 0 Å². The Morgan fingerprint density at radius 1 is 1.29 bits per heavy atom. The molecule has 1 aromatic rings. The predicted octanol–water partition coefficient (Wildman–Crippen LogP) is 2.49. The van der Waals surface area contributed by atoms with Crippen molar-refractivity contribution in [2.75, 3.05) is 26.7 Å². The van der Waals surface area contributed by atoms with E-state index in [-0.39, 0.29) is 5.91 Å². The Hall–Kier alpha value is -2.04. The summed E-state index contributed by atoms with van der Waals surface area (Å²) in [5.41, 5.74) is 1.72. The van der Waals surface area contributed by atoms with Gasteiger partial charge in [0.2, 0.25) is 0 Å².